The maximum atomic E-state index is 12.6. The average molecular weight is 401 g/mol. The van der Waals surface area contributed by atoms with Crippen molar-refractivity contribution in [1.29, 1.82) is 0 Å². The van der Waals surface area contributed by atoms with Crippen LogP contribution in [0.3, 0.4) is 0 Å². The van der Waals surface area contributed by atoms with E-state index < -0.39 is 11.8 Å². The minimum Gasteiger partial charge on any atom is -0.493 e. The van der Waals surface area contributed by atoms with Gasteiger partial charge in [0.2, 0.25) is 0 Å². The van der Waals surface area contributed by atoms with Crippen LogP contribution in [0.1, 0.15) is 15.9 Å². The van der Waals surface area contributed by atoms with Gasteiger partial charge in [0.15, 0.2) is 15.8 Å². The number of nitrogens with zero attached hydrogens (tertiary/aromatic N) is 2. The topological polar surface area (TPSA) is 80.8 Å². The van der Waals surface area contributed by atoms with E-state index in [4.69, 9.17) is 21.7 Å². The third-order valence-corrected chi connectivity index (χ3v) is 4.94. The van der Waals surface area contributed by atoms with Gasteiger partial charge >= 0.3 is 0 Å². The van der Waals surface area contributed by atoms with Crippen LogP contribution in [0.15, 0.2) is 47.6 Å². The first-order valence-electron chi connectivity index (χ1n) is 7.74. The van der Waals surface area contributed by atoms with E-state index in [-0.39, 0.29) is 4.32 Å². The molecule has 0 aliphatic carbocycles. The maximum absolute atomic E-state index is 12.6. The van der Waals surface area contributed by atoms with Gasteiger partial charge in [0, 0.05) is 12.4 Å². The van der Waals surface area contributed by atoms with Crippen molar-refractivity contribution in [2.24, 2.45) is 0 Å². The zero-order chi connectivity index (χ0) is 19.4. The molecule has 0 atom stereocenters. The van der Waals surface area contributed by atoms with Gasteiger partial charge in [0.05, 0.1) is 24.7 Å². The van der Waals surface area contributed by atoms with Gasteiger partial charge in [-0.05, 0) is 48.1 Å². The molecule has 27 heavy (non-hydrogen) atoms. The molecule has 0 unspecified atom stereocenters. The molecule has 1 fully saturated rings. The van der Waals surface area contributed by atoms with Gasteiger partial charge in [-0.25, -0.2) is 0 Å². The van der Waals surface area contributed by atoms with E-state index >= 15 is 0 Å². The Bertz CT molecular complexity index is 931. The van der Waals surface area contributed by atoms with Crippen LogP contribution in [0.2, 0.25) is 0 Å². The number of rotatable bonds is 5. The molecule has 3 rings (SSSR count). The highest BCUT2D eigenvalue weighted by Crippen LogP contribution is 2.34. The fourth-order valence-corrected chi connectivity index (χ4v) is 3.50. The second-order valence-electron chi connectivity index (χ2n) is 5.31. The Labute approximate surface area is 165 Å². The highest BCUT2D eigenvalue weighted by Gasteiger charge is 2.33. The van der Waals surface area contributed by atoms with E-state index in [2.05, 4.69) is 10.4 Å². The zero-order valence-corrected chi connectivity index (χ0v) is 16.1. The number of thiocarbonyl (C=S) groups is 1. The lowest BCUT2D eigenvalue weighted by Crippen LogP contribution is -2.44. The van der Waals surface area contributed by atoms with Crippen molar-refractivity contribution in [3.63, 3.8) is 0 Å². The molecule has 0 spiro atoms. The van der Waals surface area contributed by atoms with Crippen LogP contribution in [0, 0.1) is 0 Å². The minimum absolute atomic E-state index is 0.240. The fourth-order valence-electron chi connectivity index (χ4n) is 2.32. The Kier molecular flexibility index (Phi) is 5.72. The molecule has 0 radical (unpaired) electrons. The number of carbonyl (C=O) groups excluding carboxylic acids is 2. The number of nitrogens with one attached hydrogen (secondary N) is 1. The van der Waals surface area contributed by atoms with Crippen LogP contribution in [0.5, 0.6) is 11.5 Å². The number of thioether (sulfide) groups is 1. The van der Waals surface area contributed by atoms with Gasteiger partial charge in [-0.15, -0.1) is 0 Å². The van der Waals surface area contributed by atoms with Crippen molar-refractivity contribution in [2.45, 2.75) is 0 Å². The summed E-state index contributed by atoms with van der Waals surface area (Å²) in [5.41, 5.74) is 3.58. The van der Waals surface area contributed by atoms with E-state index in [9.17, 15) is 9.59 Å². The number of hydrogen-bond donors (Lipinski definition) is 1. The van der Waals surface area contributed by atoms with E-state index in [1.165, 1.54) is 13.3 Å². The number of amides is 2. The van der Waals surface area contributed by atoms with Crippen LogP contribution in [0.25, 0.3) is 6.08 Å². The Morgan fingerprint density at radius 3 is 2.70 bits per heavy atom. The molecule has 1 aromatic carbocycles. The molecule has 138 valence electrons. The predicted octanol–water partition coefficient (Wildman–Crippen LogP) is 2.65. The number of aromatic nitrogens is 1. The second kappa shape index (κ2) is 8.19. The first kappa shape index (κ1) is 18.9. The van der Waals surface area contributed by atoms with Crippen molar-refractivity contribution < 1.29 is 19.1 Å². The number of hydrogen-bond acceptors (Lipinski definition) is 7. The molecule has 1 aliphatic rings. The maximum Gasteiger partial charge on any atom is 0.285 e. The summed E-state index contributed by atoms with van der Waals surface area (Å²) in [7, 11) is 3.09. The molecule has 0 saturated carbocycles. The molecule has 1 aromatic heterocycles. The lowest BCUT2D eigenvalue weighted by Gasteiger charge is -2.15. The molecule has 2 amide bonds. The lowest BCUT2D eigenvalue weighted by molar-refractivity contribution is -0.123. The summed E-state index contributed by atoms with van der Waals surface area (Å²) in [5, 5.41) is 1.06. The number of ether oxygens (including phenoxy) is 2. The first-order valence-corrected chi connectivity index (χ1v) is 8.97. The van der Waals surface area contributed by atoms with Gasteiger partial charge in [0.25, 0.3) is 11.8 Å². The summed E-state index contributed by atoms with van der Waals surface area (Å²) in [5.74, 6) is 0.265. The van der Waals surface area contributed by atoms with Crippen LogP contribution in [-0.2, 0) is 4.79 Å². The SMILES string of the molecule is COc1ccc(C=C2SC(=S)N(NC(=O)c3cccnc3)C2=O)cc1OC. The van der Waals surface area contributed by atoms with Gasteiger partial charge in [-0.1, -0.05) is 17.8 Å². The summed E-state index contributed by atoms with van der Waals surface area (Å²) in [6.45, 7) is 0. The first-order chi connectivity index (χ1) is 13.0. The molecule has 7 nitrogen and oxygen atoms in total. The van der Waals surface area contributed by atoms with Crippen molar-refractivity contribution in [1.82, 2.24) is 15.4 Å². The molecular weight excluding hydrogens is 386 g/mol. The molecule has 1 N–H and O–H groups in total. The molecule has 2 heterocycles. The average Bonchev–Trinajstić information content (AvgIpc) is 2.95. The smallest absolute Gasteiger partial charge is 0.285 e. The standard InChI is InChI=1S/C18H15N3O4S2/c1-24-13-6-5-11(8-14(13)25-2)9-15-17(23)21(18(26)27-15)20-16(22)12-4-3-7-19-10-12/h3-10H,1-2H3,(H,20,22). The summed E-state index contributed by atoms with van der Waals surface area (Å²) in [6, 6.07) is 8.52. The lowest BCUT2D eigenvalue weighted by atomic mass is 10.2. The highest BCUT2D eigenvalue weighted by atomic mass is 32.2. The number of carbonyl (C=O) groups is 2. The second-order valence-corrected chi connectivity index (χ2v) is 6.99. The van der Waals surface area contributed by atoms with E-state index in [0.717, 1.165) is 22.3 Å². The Balaban J connectivity index is 1.79. The number of hydrazine groups is 1. The number of pyridine rings is 1. The number of methoxy groups -OCH3 is 2. The highest BCUT2D eigenvalue weighted by molar-refractivity contribution is 8.26. The van der Waals surface area contributed by atoms with Gasteiger partial charge in [-0.2, -0.15) is 5.01 Å². The molecule has 9 heteroatoms. The molecule has 1 aliphatic heterocycles. The Hall–Kier alpha value is -2.91. The summed E-state index contributed by atoms with van der Waals surface area (Å²) < 4.78 is 10.7. The van der Waals surface area contributed by atoms with Crippen molar-refractivity contribution >= 4 is 46.2 Å². The quantitative estimate of drug-likeness (QED) is 0.609. The molecule has 1 saturated heterocycles. The van der Waals surface area contributed by atoms with Crippen molar-refractivity contribution in [3.05, 3.63) is 58.8 Å². The van der Waals surface area contributed by atoms with Crippen molar-refractivity contribution in [2.75, 3.05) is 14.2 Å². The zero-order valence-electron chi connectivity index (χ0n) is 14.5. The van der Waals surface area contributed by atoms with E-state index in [1.54, 1.807) is 49.7 Å². The van der Waals surface area contributed by atoms with Crippen LogP contribution < -0.4 is 14.9 Å². The van der Waals surface area contributed by atoms with Crippen molar-refractivity contribution in [3.8, 4) is 11.5 Å². The monoisotopic (exact) mass is 401 g/mol. The van der Waals surface area contributed by atoms with Crippen LogP contribution in [0.4, 0.5) is 0 Å². The summed E-state index contributed by atoms with van der Waals surface area (Å²) >= 11 is 6.32. The molecule has 0 bridgehead atoms. The van der Waals surface area contributed by atoms with Gasteiger partial charge < -0.3 is 9.47 Å². The molecule has 2 aromatic rings. The van der Waals surface area contributed by atoms with Crippen LogP contribution in [-0.4, -0.2) is 40.3 Å². The Morgan fingerprint density at radius 2 is 2.04 bits per heavy atom. The third kappa shape index (κ3) is 4.09. The van der Waals surface area contributed by atoms with Gasteiger partial charge in [0.1, 0.15) is 0 Å². The summed E-state index contributed by atoms with van der Waals surface area (Å²) in [6.07, 6.45) is 4.65. The Morgan fingerprint density at radius 1 is 1.26 bits per heavy atom. The van der Waals surface area contributed by atoms with Gasteiger partial charge in [-0.3, -0.25) is 20.0 Å². The largest absolute Gasteiger partial charge is 0.493 e. The fraction of sp³-hybridized carbons (Fsp3) is 0.111. The summed E-state index contributed by atoms with van der Waals surface area (Å²) in [4.78, 5) is 29.1. The van der Waals surface area contributed by atoms with E-state index in [1.807, 2.05) is 0 Å². The number of benzene rings is 1. The van der Waals surface area contributed by atoms with E-state index in [0.29, 0.717) is 22.0 Å². The minimum atomic E-state index is -0.466. The molecular formula is C18H15N3O4S2. The third-order valence-electron chi connectivity index (χ3n) is 3.64. The predicted molar refractivity (Wildman–Crippen MR) is 106 cm³/mol. The normalized spacial score (nSPS) is 15.2. The van der Waals surface area contributed by atoms with Crippen LogP contribution >= 0.6 is 24.0 Å².